The first-order chi connectivity index (χ1) is 9.21. The first-order valence-electron chi connectivity index (χ1n) is 8.94. The maximum absolute atomic E-state index is 3.88. The molecule has 0 aromatic carbocycles. The molecular weight excluding hydrogens is 230 g/mol. The highest BCUT2D eigenvalue weighted by Crippen LogP contribution is 2.19. The number of hydrogen-bond donors (Lipinski definition) is 1. The molecule has 0 aromatic heterocycles. The van der Waals surface area contributed by atoms with Crippen molar-refractivity contribution in [1.82, 2.24) is 5.32 Å². The van der Waals surface area contributed by atoms with Crippen LogP contribution >= 0.6 is 0 Å². The fourth-order valence-corrected chi connectivity index (χ4v) is 2.88. The van der Waals surface area contributed by atoms with E-state index in [2.05, 4.69) is 39.9 Å². The lowest BCUT2D eigenvalue weighted by Gasteiger charge is -2.25. The van der Waals surface area contributed by atoms with Crippen LogP contribution in [0.5, 0.6) is 0 Å². The van der Waals surface area contributed by atoms with Gasteiger partial charge in [-0.1, -0.05) is 79.6 Å². The summed E-state index contributed by atoms with van der Waals surface area (Å²) in [5, 5.41) is 3.88. The summed E-state index contributed by atoms with van der Waals surface area (Å²) < 4.78 is 0. The van der Waals surface area contributed by atoms with Gasteiger partial charge in [-0.25, -0.2) is 0 Å². The monoisotopic (exact) mass is 269 g/mol. The van der Waals surface area contributed by atoms with Gasteiger partial charge in [0.1, 0.15) is 0 Å². The third kappa shape index (κ3) is 9.49. The molecule has 0 fully saturated rings. The van der Waals surface area contributed by atoms with Crippen LogP contribution in [0.25, 0.3) is 0 Å². The summed E-state index contributed by atoms with van der Waals surface area (Å²) in [6, 6.07) is 0.761. The molecular formula is C18H39N. The molecule has 0 rings (SSSR count). The minimum Gasteiger partial charge on any atom is -0.314 e. The fraction of sp³-hybridized carbons (Fsp3) is 1.00. The van der Waals surface area contributed by atoms with Crippen molar-refractivity contribution < 1.29 is 0 Å². The molecule has 0 heterocycles. The molecule has 1 N–H and O–H groups in total. The molecule has 1 nitrogen and oxygen atoms in total. The summed E-state index contributed by atoms with van der Waals surface area (Å²) in [7, 11) is 0. The zero-order valence-corrected chi connectivity index (χ0v) is 14.3. The van der Waals surface area contributed by atoms with E-state index in [4.69, 9.17) is 0 Å². The third-order valence-electron chi connectivity index (χ3n) is 4.78. The molecule has 116 valence electrons. The summed E-state index contributed by atoms with van der Waals surface area (Å²) >= 11 is 0. The Labute approximate surface area is 122 Å². The number of unbranched alkanes of at least 4 members (excludes halogenated alkanes) is 2. The van der Waals surface area contributed by atoms with Gasteiger partial charge >= 0.3 is 0 Å². The number of rotatable bonds is 13. The van der Waals surface area contributed by atoms with Gasteiger partial charge in [-0.2, -0.15) is 0 Å². The van der Waals surface area contributed by atoms with E-state index in [0.717, 1.165) is 17.9 Å². The maximum Gasteiger partial charge on any atom is 0.00698 e. The van der Waals surface area contributed by atoms with Crippen molar-refractivity contribution in [2.75, 3.05) is 6.54 Å². The molecule has 0 saturated heterocycles. The molecule has 0 radical (unpaired) electrons. The summed E-state index contributed by atoms with van der Waals surface area (Å²) in [6.45, 7) is 12.9. The summed E-state index contributed by atoms with van der Waals surface area (Å²) in [6.07, 6.45) is 12.2. The normalized spacial score (nSPS) is 13.4. The predicted octanol–water partition coefficient (Wildman–Crippen LogP) is 5.79. The van der Waals surface area contributed by atoms with Crippen molar-refractivity contribution in [2.45, 2.75) is 98.4 Å². The fourth-order valence-electron chi connectivity index (χ4n) is 2.88. The Bertz CT molecular complexity index is 171. The highest BCUT2D eigenvalue weighted by molar-refractivity contribution is 4.73. The van der Waals surface area contributed by atoms with E-state index in [1.54, 1.807) is 0 Å². The van der Waals surface area contributed by atoms with Crippen molar-refractivity contribution in [3.63, 3.8) is 0 Å². The Hall–Kier alpha value is -0.0400. The molecule has 0 aromatic rings. The number of hydrogen-bond acceptors (Lipinski definition) is 1. The van der Waals surface area contributed by atoms with Crippen LogP contribution in [0.2, 0.25) is 0 Å². The van der Waals surface area contributed by atoms with E-state index in [9.17, 15) is 0 Å². The summed E-state index contributed by atoms with van der Waals surface area (Å²) in [5.41, 5.74) is 0. The van der Waals surface area contributed by atoms with Gasteiger partial charge in [0.25, 0.3) is 0 Å². The molecule has 0 aliphatic rings. The third-order valence-corrected chi connectivity index (χ3v) is 4.78. The van der Waals surface area contributed by atoms with Gasteiger partial charge in [-0.05, 0) is 31.2 Å². The lowest BCUT2D eigenvalue weighted by atomic mass is 9.91. The molecule has 0 spiro atoms. The van der Waals surface area contributed by atoms with Crippen LogP contribution in [-0.4, -0.2) is 12.6 Å². The molecule has 0 aliphatic carbocycles. The minimum atomic E-state index is 0.761. The molecule has 0 aliphatic heterocycles. The Morgan fingerprint density at radius 2 is 1.32 bits per heavy atom. The molecule has 0 saturated carbocycles. The smallest absolute Gasteiger partial charge is 0.00698 e. The van der Waals surface area contributed by atoms with Crippen LogP contribution < -0.4 is 5.32 Å². The SMILES string of the molecule is CCCCCC(CC(CC)CC)NCC(CC)CC. The van der Waals surface area contributed by atoms with E-state index >= 15 is 0 Å². The zero-order valence-electron chi connectivity index (χ0n) is 14.3. The second kappa shape index (κ2) is 13.0. The van der Waals surface area contributed by atoms with E-state index in [1.165, 1.54) is 64.3 Å². The summed E-state index contributed by atoms with van der Waals surface area (Å²) in [4.78, 5) is 0. The second-order valence-electron chi connectivity index (χ2n) is 6.20. The molecule has 0 amide bonds. The minimum absolute atomic E-state index is 0.761. The Balaban J connectivity index is 4.15. The molecule has 1 heteroatoms. The van der Waals surface area contributed by atoms with Gasteiger partial charge < -0.3 is 5.32 Å². The highest BCUT2D eigenvalue weighted by Gasteiger charge is 2.15. The quantitative estimate of drug-likeness (QED) is 0.417. The van der Waals surface area contributed by atoms with Crippen LogP contribution in [0.3, 0.4) is 0 Å². The van der Waals surface area contributed by atoms with Crippen molar-refractivity contribution in [3.8, 4) is 0 Å². The van der Waals surface area contributed by atoms with Crippen LogP contribution in [0.4, 0.5) is 0 Å². The van der Waals surface area contributed by atoms with Crippen molar-refractivity contribution in [3.05, 3.63) is 0 Å². The lowest BCUT2D eigenvalue weighted by molar-refractivity contribution is 0.321. The zero-order chi connectivity index (χ0) is 14.5. The Kier molecular flexibility index (Phi) is 12.9. The first kappa shape index (κ1) is 19.0. The van der Waals surface area contributed by atoms with E-state index in [1.807, 2.05) is 0 Å². The van der Waals surface area contributed by atoms with E-state index < -0.39 is 0 Å². The first-order valence-corrected chi connectivity index (χ1v) is 8.94. The van der Waals surface area contributed by atoms with Gasteiger partial charge in [-0.3, -0.25) is 0 Å². The molecule has 1 unspecified atom stereocenters. The van der Waals surface area contributed by atoms with Crippen LogP contribution in [0, 0.1) is 11.8 Å². The predicted molar refractivity (Wildman–Crippen MR) is 88.7 cm³/mol. The molecule has 0 bridgehead atoms. The topological polar surface area (TPSA) is 12.0 Å². The molecule has 19 heavy (non-hydrogen) atoms. The summed E-state index contributed by atoms with van der Waals surface area (Å²) in [5.74, 6) is 1.79. The van der Waals surface area contributed by atoms with E-state index in [0.29, 0.717) is 0 Å². The van der Waals surface area contributed by atoms with Gasteiger partial charge in [0.15, 0.2) is 0 Å². The average molecular weight is 270 g/mol. The van der Waals surface area contributed by atoms with Crippen molar-refractivity contribution in [2.24, 2.45) is 11.8 Å². The van der Waals surface area contributed by atoms with Crippen LogP contribution in [0.15, 0.2) is 0 Å². The van der Waals surface area contributed by atoms with Gasteiger partial charge in [-0.15, -0.1) is 0 Å². The van der Waals surface area contributed by atoms with E-state index in [-0.39, 0.29) is 0 Å². The van der Waals surface area contributed by atoms with Gasteiger partial charge in [0.05, 0.1) is 0 Å². The number of nitrogens with one attached hydrogen (secondary N) is 1. The van der Waals surface area contributed by atoms with Crippen molar-refractivity contribution in [1.29, 1.82) is 0 Å². The lowest BCUT2D eigenvalue weighted by Crippen LogP contribution is -2.34. The van der Waals surface area contributed by atoms with Gasteiger partial charge in [0, 0.05) is 6.04 Å². The largest absolute Gasteiger partial charge is 0.314 e. The molecule has 1 atom stereocenters. The Morgan fingerprint density at radius 1 is 0.737 bits per heavy atom. The Morgan fingerprint density at radius 3 is 1.79 bits per heavy atom. The van der Waals surface area contributed by atoms with Gasteiger partial charge in [0.2, 0.25) is 0 Å². The second-order valence-corrected chi connectivity index (χ2v) is 6.20. The standard InChI is InChI=1S/C18H39N/c1-6-11-12-13-18(14-16(7-2)8-3)19-15-17(9-4)10-5/h16-19H,6-15H2,1-5H3. The highest BCUT2D eigenvalue weighted by atomic mass is 14.9. The van der Waals surface area contributed by atoms with Crippen LogP contribution in [-0.2, 0) is 0 Å². The van der Waals surface area contributed by atoms with Crippen LogP contribution in [0.1, 0.15) is 92.4 Å². The van der Waals surface area contributed by atoms with Crippen molar-refractivity contribution >= 4 is 0 Å². The average Bonchev–Trinajstić information content (AvgIpc) is 2.45. The maximum atomic E-state index is 3.88.